The number of hydrogen-bond acceptors (Lipinski definition) is 7. The van der Waals surface area contributed by atoms with E-state index in [2.05, 4.69) is 6.07 Å². The van der Waals surface area contributed by atoms with Crippen molar-refractivity contribution in [3.8, 4) is 23.3 Å². The molecule has 1 aliphatic heterocycles. The minimum atomic E-state index is -0.621. The summed E-state index contributed by atoms with van der Waals surface area (Å²) in [5.41, 5.74) is 9.91. The molecular formula is C27H29N3O4. The van der Waals surface area contributed by atoms with Gasteiger partial charge in [0.2, 0.25) is 0 Å². The van der Waals surface area contributed by atoms with Gasteiger partial charge in [0.25, 0.3) is 0 Å². The van der Waals surface area contributed by atoms with E-state index < -0.39 is 5.92 Å². The first-order chi connectivity index (χ1) is 16.5. The fourth-order valence-electron chi connectivity index (χ4n) is 4.72. The highest BCUT2D eigenvalue weighted by Gasteiger charge is 2.41. The number of ether oxygens (including phenoxy) is 3. The van der Waals surface area contributed by atoms with Gasteiger partial charge in [0, 0.05) is 28.9 Å². The third-order valence-electron chi connectivity index (χ3n) is 6.15. The second kappa shape index (κ2) is 9.92. The summed E-state index contributed by atoms with van der Waals surface area (Å²) in [6, 6.07) is 15.3. The summed E-state index contributed by atoms with van der Waals surface area (Å²) in [7, 11) is 1.61. The Kier molecular flexibility index (Phi) is 6.78. The molecule has 7 nitrogen and oxygen atoms in total. The third-order valence-corrected chi connectivity index (χ3v) is 6.15. The zero-order valence-corrected chi connectivity index (χ0v) is 19.8. The second-order valence-corrected chi connectivity index (χ2v) is 8.08. The van der Waals surface area contributed by atoms with Gasteiger partial charge in [-0.15, -0.1) is 0 Å². The van der Waals surface area contributed by atoms with E-state index in [0.29, 0.717) is 65.8 Å². The van der Waals surface area contributed by atoms with Crippen molar-refractivity contribution < 1.29 is 19.0 Å². The van der Waals surface area contributed by atoms with Crippen molar-refractivity contribution in [1.82, 2.24) is 0 Å². The topological polar surface area (TPSA) is 97.8 Å². The van der Waals surface area contributed by atoms with E-state index in [9.17, 15) is 10.1 Å². The van der Waals surface area contributed by atoms with Gasteiger partial charge < -0.3 is 19.9 Å². The van der Waals surface area contributed by atoms with Gasteiger partial charge in [0.05, 0.1) is 37.9 Å². The average molecular weight is 460 g/mol. The number of ketones is 1. The van der Waals surface area contributed by atoms with Crippen LogP contribution >= 0.6 is 0 Å². The highest BCUT2D eigenvalue weighted by Crippen LogP contribution is 2.49. The van der Waals surface area contributed by atoms with Gasteiger partial charge in [-0.05, 0) is 69.2 Å². The van der Waals surface area contributed by atoms with Crippen LogP contribution in [0.5, 0.6) is 17.2 Å². The zero-order chi connectivity index (χ0) is 24.2. The number of rotatable bonds is 7. The predicted molar refractivity (Wildman–Crippen MR) is 130 cm³/mol. The number of anilines is 1. The quantitative estimate of drug-likeness (QED) is 0.635. The van der Waals surface area contributed by atoms with E-state index >= 15 is 0 Å². The lowest BCUT2D eigenvalue weighted by Crippen LogP contribution is -2.38. The molecule has 2 aliphatic rings. The molecule has 0 amide bonds. The molecule has 2 aromatic carbocycles. The fourth-order valence-corrected chi connectivity index (χ4v) is 4.72. The van der Waals surface area contributed by atoms with Crippen molar-refractivity contribution >= 4 is 11.5 Å². The molecule has 2 aromatic rings. The number of nitrogens with two attached hydrogens (primary N) is 1. The molecule has 34 heavy (non-hydrogen) atoms. The first kappa shape index (κ1) is 23.2. The Bertz CT molecular complexity index is 1190. The molecule has 1 atom stereocenters. The summed E-state index contributed by atoms with van der Waals surface area (Å²) in [4.78, 5) is 15.2. The highest BCUT2D eigenvalue weighted by molar-refractivity contribution is 6.01. The standard InChI is InChI=1S/C27H29N3O4/c1-4-33-19-13-14-24(34-5-2)20(15-19)25-21(16-28)27(29)30(17-9-11-18(32-3)12-10-17)22-7-6-8-23(31)26(22)25/h9-15,25H,4-8,29H2,1-3H3. The van der Waals surface area contributed by atoms with E-state index in [4.69, 9.17) is 19.9 Å². The van der Waals surface area contributed by atoms with Crippen LogP contribution in [0.15, 0.2) is 65.1 Å². The molecule has 0 aromatic heterocycles. The van der Waals surface area contributed by atoms with E-state index in [-0.39, 0.29) is 5.78 Å². The van der Waals surface area contributed by atoms with E-state index in [1.54, 1.807) is 7.11 Å². The van der Waals surface area contributed by atoms with Crippen LogP contribution in [0, 0.1) is 11.3 Å². The van der Waals surface area contributed by atoms with Crippen molar-refractivity contribution in [3.05, 3.63) is 70.7 Å². The van der Waals surface area contributed by atoms with Crippen LogP contribution in [0.3, 0.4) is 0 Å². The van der Waals surface area contributed by atoms with Crippen LogP contribution < -0.4 is 24.8 Å². The van der Waals surface area contributed by atoms with Crippen LogP contribution in [0.2, 0.25) is 0 Å². The van der Waals surface area contributed by atoms with Gasteiger partial charge in [-0.1, -0.05) is 0 Å². The molecule has 176 valence electrons. The van der Waals surface area contributed by atoms with Gasteiger partial charge in [-0.3, -0.25) is 9.69 Å². The fraction of sp³-hybridized carbons (Fsp3) is 0.333. The zero-order valence-electron chi connectivity index (χ0n) is 19.8. The maximum Gasteiger partial charge on any atom is 0.161 e. The van der Waals surface area contributed by atoms with E-state index in [1.165, 1.54) is 0 Å². The number of hydrogen-bond donors (Lipinski definition) is 1. The van der Waals surface area contributed by atoms with Crippen LogP contribution in [-0.4, -0.2) is 26.1 Å². The van der Waals surface area contributed by atoms with E-state index in [1.807, 2.05) is 61.2 Å². The SMILES string of the molecule is CCOc1ccc(OCC)c(C2C(C#N)=C(N)N(c3ccc(OC)cc3)C3=C2C(=O)CCC3)c1. The van der Waals surface area contributed by atoms with Gasteiger partial charge in [0.1, 0.15) is 23.1 Å². The Hall–Kier alpha value is -3.92. The highest BCUT2D eigenvalue weighted by atomic mass is 16.5. The van der Waals surface area contributed by atoms with E-state index in [0.717, 1.165) is 17.8 Å². The Labute approximate surface area is 200 Å². The van der Waals surface area contributed by atoms with Gasteiger partial charge >= 0.3 is 0 Å². The van der Waals surface area contributed by atoms with Gasteiger partial charge in [-0.25, -0.2) is 0 Å². The number of allylic oxidation sites excluding steroid dienone is 3. The first-order valence-corrected chi connectivity index (χ1v) is 11.5. The van der Waals surface area contributed by atoms with Crippen LogP contribution in [-0.2, 0) is 4.79 Å². The average Bonchev–Trinajstić information content (AvgIpc) is 2.85. The summed E-state index contributed by atoms with van der Waals surface area (Å²) in [6.45, 7) is 4.76. The van der Waals surface area contributed by atoms with Crippen LogP contribution in [0.4, 0.5) is 5.69 Å². The summed E-state index contributed by atoms with van der Waals surface area (Å²) >= 11 is 0. The molecule has 0 radical (unpaired) electrons. The molecule has 1 aliphatic carbocycles. The van der Waals surface area contributed by atoms with Crippen molar-refractivity contribution in [2.75, 3.05) is 25.2 Å². The number of benzene rings is 2. The number of methoxy groups -OCH3 is 1. The molecule has 0 spiro atoms. The Morgan fingerprint density at radius 3 is 2.41 bits per heavy atom. The van der Waals surface area contributed by atoms with Crippen molar-refractivity contribution in [3.63, 3.8) is 0 Å². The number of nitrogens with zero attached hydrogens (tertiary/aromatic N) is 2. The largest absolute Gasteiger partial charge is 0.497 e. The molecule has 0 saturated carbocycles. The summed E-state index contributed by atoms with van der Waals surface area (Å²) in [5, 5.41) is 10.3. The molecule has 1 heterocycles. The van der Waals surface area contributed by atoms with Crippen LogP contribution in [0.25, 0.3) is 0 Å². The Morgan fingerprint density at radius 1 is 1.06 bits per heavy atom. The minimum Gasteiger partial charge on any atom is -0.497 e. The minimum absolute atomic E-state index is 0.0225. The lowest BCUT2D eigenvalue weighted by Gasteiger charge is -2.40. The maximum atomic E-state index is 13.4. The molecule has 1 unspecified atom stereocenters. The van der Waals surface area contributed by atoms with Gasteiger partial charge in [0.15, 0.2) is 5.78 Å². The Balaban J connectivity index is 1.95. The number of nitriles is 1. The van der Waals surface area contributed by atoms with Crippen molar-refractivity contribution in [2.45, 2.75) is 39.0 Å². The molecule has 0 saturated heterocycles. The van der Waals surface area contributed by atoms with Crippen LogP contribution in [0.1, 0.15) is 44.6 Å². The lowest BCUT2D eigenvalue weighted by atomic mass is 9.75. The second-order valence-electron chi connectivity index (χ2n) is 8.08. The molecular weight excluding hydrogens is 430 g/mol. The third kappa shape index (κ3) is 4.08. The lowest BCUT2D eigenvalue weighted by molar-refractivity contribution is -0.116. The predicted octanol–water partition coefficient (Wildman–Crippen LogP) is 4.80. The molecule has 7 heteroatoms. The maximum absolute atomic E-state index is 13.4. The van der Waals surface area contributed by atoms with Crippen molar-refractivity contribution in [1.29, 1.82) is 5.26 Å². The number of Topliss-reactive ketones (excluding diaryl/α,β-unsaturated/α-hetero) is 1. The smallest absolute Gasteiger partial charge is 0.161 e. The monoisotopic (exact) mass is 459 g/mol. The first-order valence-electron chi connectivity index (χ1n) is 11.5. The summed E-state index contributed by atoms with van der Waals surface area (Å²) in [5.74, 6) is 1.69. The molecule has 4 rings (SSSR count). The normalized spacial score (nSPS) is 17.9. The molecule has 0 bridgehead atoms. The number of carbonyl (C=O) groups excluding carboxylic acids is 1. The number of carbonyl (C=O) groups is 1. The van der Waals surface area contributed by atoms with Gasteiger partial charge in [-0.2, -0.15) is 5.26 Å². The Morgan fingerprint density at radius 2 is 1.76 bits per heavy atom. The van der Waals surface area contributed by atoms with Crippen molar-refractivity contribution in [2.24, 2.45) is 5.73 Å². The molecule has 0 fully saturated rings. The summed E-state index contributed by atoms with van der Waals surface area (Å²) < 4.78 is 16.9. The molecule has 2 N–H and O–H groups in total. The summed E-state index contributed by atoms with van der Waals surface area (Å²) in [6.07, 6.45) is 1.83.